The van der Waals surface area contributed by atoms with Crippen molar-refractivity contribution >= 4 is 34.0 Å². The number of carbonyl (C=O) groups excluding carboxylic acids is 1. The average Bonchev–Trinajstić information content (AvgIpc) is 3.06. The highest BCUT2D eigenvalue weighted by atomic mass is 35.5. The molecule has 1 atom stereocenters. The lowest BCUT2D eigenvalue weighted by atomic mass is 10.2. The minimum Gasteiger partial charge on any atom is -0.353 e. The van der Waals surface area contributed by atoms with E-state index in [1.807, 2.05) is 0 Å². The van der Waals surface area contributed by atoms with Gasteiger partial charge in [0, 0.05) is 31.8 Å². The van der Waals surface area contributed by atoms with E-state index in [1.54, 1.807) is 0 Å². The molecule has 9 nitrogen and oxygen atoms in total. The summed E-state index contributed by atoms with van der Waals surface area (Å²) in [5.74, 6) is -0.416. The van der Waals surface area contributed by atoms with E-state index in [-0.39, 0.29) is 35.6 Å². The fourth-order valence-electron chi connectivity index (χ4n) is 2.45. The number of carbonyl (C=O) groups is 1. The predicted octanol–water partition coefficient (Wildman–Crippen LogP) is 0.505. The maximum Gasteiger partial charge on any atom is 0.270 e. The Morgan fingerprint density at radius 1 is 1.48 bits per heavy atom. The maximum absolute atomic E-state index is 12.4. The van der Waals surface area contributed by atoms with Crippen molar-refractivity contribution in [2.24, 2.45) is 0 Å². The van der Waals surface area contributed by atoms with E-state index < -0.39 is 20.9 Å². The monoisotopic (exact) mass is 392 g/mol. The number of hydrogen-bond donors (Lipinski definition) is 2. The van der Waals surface area contributed by atoms with Crippen molar-refractivity contribution in [3.63, 3.8) is 0 Å². The van der Waals surface area contributed by atoms with Crippen molar-refractivity contribution in [2.75, 3.05) is 26.7 Å². The number of rotatable bonds is 7. The van der Waals surface area contributed by atoms with Gasteiger partial charge in [-0.15, -0.1) is 12.4 Å². The first-order valence-electron chi connectivity index (χ1n) is 7.51. The van der Waals surface area contributed by atoms with Gasteiger partial charge in [0.1, 0.15) is 0 Å². The van der Waals surface area contributed by atoms with Crippen LogP contribution in [0.3, 0.4) is 0 Å². The van der Waals surface area contributed by atoms with Crippen LogP contribution in [-0.2, 0) is 14.8 Å². The molecule has 2 rings (SSSR count). The third-order valence-corrected chi connectivity index (χ3v) is 5.61. The van der Waals surface area contributed by atoms with Gasteiger partial charge in [-0.3, -0.25) is 14.9 Å². The van der Waals surface area contributed by atoms with Crippen molar-refractivity contribution in [3.8, 4) is 0 Å². The molecular formula is C14H21ClN4O5S. The van der Waals surface area contributed by atoms with E-state index >= 15 is 0 Å². The molecule has 11 heteroatoms. The van der Waals surface area contributed by atoms with Crippen LogP contribution in [0.25, 0.3) is 0 Å². The summed E-state index contributed by atoms with van der Waals surface area (Å²) in [7, 11) is -2.71. The Morgan fingerprint density at radius 2 is 2.20 bits per heavy atom. The number of hydrogen-bond acceptors (Lipinski definition) is 6. The van der Waals surface area contributed by atoms with Crippen LogP contribution in [0.4, 0.5) is 5.69 Å². The second-order valence-electron chi connectivity index (χ2n) is 5.61. The van der Waals surface area contributed by atoms with Crippen molar-refractivity contribution in [3.05, 3.63) is 34.4 Å². The Balaban J connectivity index is 0.00000312. The van der Waals surface area contributed by atoms with Gasteiger partial charge in [-0.25, -0.2) is 8.42 Å². The first kappa shape index (κ1) is 21.3. The second-order valence-corrected chi connectivity index (χ2v) is 7.66. The van der Waals surface area contributed by atoms with Crippen LogP contribution in [0, 0.1) is 10.1 Å². The number of sulfonamides is 1. The lowest BCUT2D eigenvalue weighted by molar-refractivity contribution is -0.385. The number of non-ortho nitro benzene ring substituents is 1. The molecule has 0 aromatic heterocycles. The van der Waals surface area contributed by atoms with Crippen LogP contribution < -0.4 is 10.6 Å². The predicted molar refractivity (Wildman–Crippen MR) is 94.2 cm³/mol. The quantitative estimate of drug-likeness (QED) is 0.515. The van der Waals surface area contributed by atoms with Gasteiger partial charge in [-0.1, -0.05) is 6.07 Å². The molecule has 1 unspecified atom stereocenters. The van der Waals surface area contributed by atoms with Crippen molar-refractivity contribution < 1.29 is 18.1 Å². The molecule has 1 saturated heterocycles. The summed E-state index contributed by atoms with van der Waals surface area (Å²) in [6.07, 6.45) is 2.03. The highest BCUT2D eigenvalue weighted by Crippen LogP contribution is 2.19. The zero-order valence-corrected chi connectivity index (χ0v) is 15.3. The number of nitrogens with zero attached hydrogens (tertiary/aromatic N) is 2. The number of nitro benzene ring substituents is 1. The highest BCUT2D eigenvalue weighted by molar-refractivity contribution is 7.89. The SMILES string of the molecule is CN(CC(=O)NCC1CCCN1)S(=O)(=O)c1cccc([N+](=O)[O-])c1.Cl. The Bertz CT molecular complexity index is 722. The van der Waals surface area contributed by atoms with Gasteiger partial charge in [-0.2, -0.15) is 4.31 Å². The van der Waals surface area contributed by atoms with Crippen LogP contribution in [0.5, 0.6) is 0 Å². The van der Waals surface area contributed by atoms with Crippen LogP contribution >= 0.6 is 12.4 Å². The van der Waals surface area contributed by atoms with Gasteiger partial charge in [-0.05, 0) is 25.5 Å². The summed E-state index contributed by atoms with van der Waals surface area (Å²) in [5, 5.41) is 16.7. The first-order valence-corrected chi connectivity index (χ1v) is 8.95. The lowest BCUT2D eigenvalue weighted by Crippen LogP contribution is -2.42. The largest absolute Gasteiger partial charge is 0.353 e. The molecule has 1 aliphatic heterocycles. The number of likely N-dealkylation sites (N-methyl/N-ethyl adjacent to an activating group) is 1. The second kappa shape index (κ2) is 9.09. The van der Waals surface area contributed by atoms with Gasteiger partial charge in [0.2, 0.25) is 15.9 Å². The molecule has 1 aliphatic rings. The maximum atomic E-state index is 12.4. The normalized spacial score (nSPS) is 17.1. The third kappa shape index (κ3) is 5.63. The molecule has 1 aromatic rings. The summed E-state index contributed by atoms with van der Waals surface area (Å²) >= 11 is 0. The standard InChI is InChI=1S/C14H20N4O5S.ClH/c1-17(10-14(19)16-9-11-4-3-7-15-11)24(22,23)13-6-2-5-12(8-13)18(20)21;/h2,5-6,8,11,15H,3-4,7,9-10H2,1H3,(H,16,19);1H. The van der Waals surface area contributed by atoms with Crippen molar-refractivity contribution in [2.45, 2.75) is 23.8 Å². The number of halogens is 1. The number of nitrogens with one attached hydrogen (secondary N) is 2. The van der Waals surface area contributed by atoms with E-state index in [9.17, 15) is 23.3 Å². The van der Waals surface area contributed by atoms with E-state index in [4.69, 9.17) is 0 Å². The molecule has 0 bridgehead atoms. The van der Waals surface area contributed by atoms with Gasteiger partial charge in [0.15, 0.2) is 0 Å². The number of benzene rings is 1. The average molecular weight is 393 g/mol. The molecule has 1 amide bonds. The zero-order valence-electron chi connectivity index (χ0n) is 13.7. The molecule has 1 fully saturated rings. The van der Waals surface area contributed by atoms with Gasteiger partial charge < -0.3 is 10.6 Å². The van der Waals surface area contributed by atoms with Crippen molar-refractivity contribution in [1.82, 2.24) is 14.9 Å². The molecule has 0 saturated carbocycles. The molecule has 25 heavy (non-hydrogen) atoms. The summed E-state index contributed by atoms with van der Waals surface area (Å²) in [6, 6.07) is 4.96. The summed E-state index contributed by atoms with van der Waals surface area (Å²) < 4.78 is 25.7. The fourth-order valence-corrected chi connectivity index (χ4v) is 3.62. The molecule has 0 aliphatic carbocycles. The third-order valence-electron chi connectivity index (χ3n) is 3.81. The minimum atomic E-state index is -3.97. The van der Waals surface area contributed by atoms with Gasteiger partial charge in [0.05, 0.1) is 16.4 Å². The van der Waals surface area contributed by atoms with E-state index in [1.165, 1.54) is 25.2 Å². The summed E-state index contributed by atoms with van der Waals surface area (Å²) in [5.41, 5.74) is -0.318. The van der Waals surface area contributed by atoms with Crippen LogP contribution in [0.1, 0.15) is 12.8 Å². The lowest BCUT2D eigenvalue weighted by Gasteiger charge is -2.18. The number of amides is 1. The number of nitro groups is 1. The van der Waals surface area contributed by atoms with Crippen LogP contribution in [0.15, 0.2) is 29.2 Å². The summed E-state index contributed by atoms with van der Waals surface area (Å²) in [6.45, 7) is 1.02. The molecule has 0 radical (unpaired) electrons. The Labute approximate surface area is 152 Å². The topological polar surface area (TPSA) is 122 Å². The molecule has 1 heterocycles. The van der Waals surface area contributed by atoms with Gasteiger partial charge in [0.25, 0.3) is 5.69 Å². The van der Waals surface area contributed by atoms with Crippen LogP contribution in [0.2, 0.25) is 0 Å². The minimum absolute atomic E-state index is 0. The smallest absolute Gasteiger partial charge is 0.270 e. The highest BCUT2D eigenvalue weighted by Gasteiger charge is 2.25. The summed E-state index contributed by atoms with van der Waals surface area (Å²) in [4.78, 5) is 21.8. The van der Waals surface area contributed by atoms with E-state index in [0.717, 1.165) is 29.8 Å². The molecule has 140 valence electrons. The Morgan fingerprint density at radius 3 is 2.80 bits per heavy atom. The van der Waals surface area contributed by atoms with Crippen LogP contribution in [-0.4, -0.2) is 56.3 Å². The Kier molecular flexibility index (Phi) is 7.74. The Hall–Kier alpha value is -1.75. The van der Waals surface area contributed by atoms with Crippen molar-refractivity contribution in [1.29, 1.82) is 0 Å². The zero-order chi connectivity index (χ0) is 17.7. The molecule has 2 N–H and O–H groups in total. The first-order chi connectivity index (χ1) is 11.3. The fraction of sp³-hybridized carbons (Fsp3) is 0.500. The molecule has 1 aromatic carbocycles. The molecular weight excluding hydrogens is 372 g/mol. The van der Waals surface area contributed by atoms with Gasteiger partial charge >= 0.3 is 0 Å². The molecule has 0 spiro atoms. The van der Waals surface area contributed by atoms with E-state index in [0.29, 0.717) is 6.54 Å². The van der Waals surface area contributed by atoms with E-state index in [2.05, 4.69) is 10.6 Å².